The number of allylic oxidation sites excluding steroid dienone is 2. The third-order valence-electron chi connectivity index (χ3n) is 3.46. The third-order valence-corrected chi connectivity index (χ3v) is 10.2. The van der Waals surface area contributed by atoms with Crippen molar-refractivity contribution < 1.29 is 18.9 Å². The minimum atomic E-state index is 0.655. The lowest BCUT2D eigenvalue weighted by atomic mass is 10.3. The minimum absolute atomic E-state index is 0.655. The standard InChI is InChI=1S/C14H12O4S5/c1-2-8(14-22-11-12(23-14)18-6-5-17-11)19-7(1)13-20-9-10(21-13)16-4-3-15-9/h1-6H2. The van der Waals surface area contributed by atoms with Crippen LogP contribution in [0.1, 0.15) is 12.8 Å². The summed E-state index contributed by atoms with van der Waals surface area (Å²) in [6, 6.07) is 0. The Labute approximate surface area is 155 Å². The van der Waals surface area contributed by atoms with Crippen LogP contribution in [0.3, 0.4) is 0 Å². The van der Waals surface area contributed by atoms with Crippen molar-refractivity contribution in [1.82, 2.24) is 0 Å². The Morgan fingerprint density at radius 1 is 0.478 bits per heavy atom. The van der Waals surface area contributed by atoms with Gasteiger partial charge in [-0.2, -0.15) is 0 Å². The first-order chi connectivity index (χ1) is 11.4. The van der Waals surface area contributed by atoms with E-state index >= 15 is 0 Å². The maximum Gasteiger partial charge on any atom is 0.208 e. The zero-order valence-corrected chi connectivity index (χ0v) is 16.0. The molecule has 5 heterocycles. The second-order valence-electron chi connectivity index (χ2n) is 4.98. The fourth-order valence-corrected chi connectivity index (χ4v) is 8.72. The molecule has 0 atom stereocenters. The van der Waals surface area contributed by atoms with Crippen molar-refractivity contribution in [2.24, 2.45) is 0 Å². The lowest BCUT2D eigenvalue weighted by molar-refractivity contribution is 0.0949. The van der Waals surface area contributed by atoms with Crippen molar-refractivity contribution in [2.45, 2.75) is 12.8 Å². The van der Waals surface area contributed by atoms with Gasteiger partial charge in [0.15, 0.2) is 0 Å². The highest BCUT2D eigenvalue weighted by Gasteiger charge is 2.34. The summed E-state index contributed by atoms with van der Waals surface area (Å²) in [7, 11) is 0. The van der Waals surface area contributed by atoms with Crippen LogP contribution in [0, 0.1) is 0 Å². The molecule has 0 amide bonds. The molecule has 23 heavy (non-hydrogen) atoms. The summed E-state index contributed by atoms with van der Waals surface area (Å²) in [5.41, 5.74) is 0. The predicted octanol–water partition coefficient (Wildman–Crippen LogP) is 5.16. The van der Waals surface area contributed by atoms with E-state index in [9.17, 15) is 0 Å². The van der Waals surface area contributed by atoms with Crippen molar-refractivity contribution in [3.05, 3.63) is 38.6 Å². The van der Waals surface area contributed by atoms with Crippen LogP contribution in [-0.2, 0) is 18.9 Å². The fraction of sp³-hybridized carbons (Fsp3) is 0.429. The molecule has 5 rings (SSSR count). The third kappa shape index (κ3) is 2.88. The maximum atomic E-state index is 5.68. The van der Waals surface area contributed by atoms with Crippen molar-refractivity contribution in [2.75, 3.05) is 26.4 Å². The molecule has 1 saturated heterocycles. The molecule has 122 valence electrons. The molecule has 0 aromatic heterocycles. The van der Waals surface area contributed by atoms with Gasteiger partial charge in [-0.25, -0.2) is 0 Å². The van der Waals surface area contributed by atoms with E-state index in [0.29, 0.717) is 26.4 Å². The summed E-state index contributed by atoms with van der Waals surface area (Å²) >= 11 is 8.76. The van der Waals surface area contributed by atoms with Gasteiger partial charge in [0, 0.05) is 9.81 Å². The highest BCUT2D eigenvalue weighted by atomic mass is 32.2. The zero-order valence-electron chi connectivity index (χ0n) is 11.9. The van der Waals surface area contributed by atoms with Crippen molar-refractivity contribution in [1.29, 1.82) is 0 Å². The second kappa shape index (κ2) is 6.33. The largest absolute Gasteiger partial charge is 0.480 e. The van der Waals surface area contributed by atoms with Crippen LogP contribution in [-0.4, -0.2) is 26.4 Å². The van der Waals surface area contributed by atoms with Gasteiger partial charge in [0.05, 0.1) is 8.47 Å². The van der Waals surface area contributed by atoms with E-state index in [4.69, 9.17) is 18.9 Å². The van der Waals surface area contributed by atoms with E-state index in [1.54, 1.807) is 47.0 Å². The van der Waals surface area contributed by atoms with Gasteiger partial charge in [-0.1, -0.05) is 11.8 Å². The van der Waals surface area contributed by atoms with E-state index in [1.807, 2.05) is 11.8 Å². The molecule has 0 unspecified atom stereocenters. The molecule has 4 nitrogen and oxygen atoms in total. The van der Waals surface area contributed by atoms with Gasteiger partial charge in [-0.05, 0) is 59.9 Å². The molecular weight excluding hydrogens is 392 g/mol. The molecular formula is C14H12O4S5. The monoisotopic (exact) mass is 404 g/mol. The average molecular weight is 405 g/mol. The SMILES string of the molecule is C1COC2=C(O1)SC(=C1CCC(=C3SC4=C(OCCO4)S3)S1)S2. The molecule has 0 spiro atoms. The summed E-state index contributed by atoms with van der Waals surface area (Å²) in [6.45, 7) is 2.62. The van der Waals surface area contributed by atoms with Crippen LogP contribution in [0.4, 0.5) is 0 Å². The van der Waals surface area contributed by atoms with Gasteiger partial charge in [0.1, 0.15) is 26.4 Å². The summed E-state index contributed by atoms with van der Waals surface area (Å²) in [4.78, 5) is 2.86. The van der Waals surface area contributed by atoms with E-state index in [1.165, 1.54) is 18.3 Å². The van der Waals surface area contributed by atoms with Gasteiger partial charge in [0.25, 0.3) is 0 Å². The van der Waals surface area contributed by atoms with Crippen molar-refractivity contribution in [3.8, 4) is 0 Å². The Bertz CT molecular complexity index is 595. The average Bonchev–Trinajstić information content (AvgIpc) is 3.30. The van der Waals surface area contributed by atoms with Gasteiger partial charge in [0.2, 0.25) is 20.4 Å². The molecule has 5 aliphatic heterocycles. The molecule has 0 bridgehead atoms. The molecule has 9 heteroatoms. The Hall–Kier alpha value is -0.0900. The molecule has 0 aliphatic carbocycles. The normalized spacial score (nSPS) is 26.8. The molecule has 0 N–H and O–H groups in total. The highest BCUT2D eigenvalue weighted by molar-refractivity contribution is 8.30. The van der Waals surface area contributed by atoms with Crippen LogP contribution in [0.15, 0.2) is 38.6 Å². The van der Waals surface area contributed by atoms with Crippen LogP contribution in [0.25, 0.3) is 0 Å². The van der Waals surface area contributed by atoms with Gasteiger partial charge in [-0.15, -0.1) is 0 Å². The number of hydrogen-bond acceptors (Lipinski definition) is 9. The Morgan fingerprint density at radius 2 is 0.826 bits per heavy atom. The second-order valence-corrected chi connectivity index (χ2v) is 10.6. The topological polar surface area (TPSA) is 36.9 Å². The van der Waals surface area contributed by atoms with Crippen molar-refractivity contribution in [3.63, 3.8) is 0 Å². The van der Waals surface area contributed by atoms with E-state index in [0.717, 1.165) is 33.2 Å². The van der Waals surface area contributed by atoms with Crippen LogP contribution < -0.4 is 0 Å². The Balaban J connectivity index is 1.32. The molecule has 0 aromatic rings. The van der Waals surface area contributed by atoms with E-state index in [2.05, 4.69) is 0 Å². The molecule has 5 aliphatic rings. The number of thioether (sulfide) groups is 5. The lowest BCUT2D eigenvalue weighted by Gasteiger charge is -2.13. The quantitative estimate of drug-likeness (QED) is 0.544. The maximum absolute atomic E-state index is 5.68. The van der Waals surface area contributed by atoms with Crippen LogP contribution in [0.2, 0.25) is 0 Å². The Morgan fingerprint density at radius 3 is 1.17 bits per heavy atom. The minimum Gasteiger partial charge on any atom is -0.480 e. The Kier molecular flexibility index (Phi) is 4.18. The van der Waals surface area contributed by atoms with E-state index in [-0.39, 0.29) is 0 Å². The first-order valence-electron chi connectivity index (χ1n) is 7.22. The molecule has 0 aromatic carbocycles. The molecule has 0 radical (unpaired) electrons. The molecule has 1 fully saturated rings. The molecule has 0 saturated carbocycles. The van der Waals surface area contributed by atoms with Crippen LogP contribution in [0.5, 0.6) is 0 Å². The highest BCUT2D eigenvalue weighted by Crippen LogP contribution is 2.61. The van der Waals surface area contributed by atoms with E-state index < -0.39 is 0 Å². The summed E-state index contributed by atoms with van der Waals surface area (Å²) in [5.74, 6) is 0. The first kappa shape index (κ1) is 15.2. The number of hydrogen-bond donors (Lipinski definition) is 0. The summed E-state index contributed by atoms with van der Waals surface area (Å²) in [6.07, 6.45) is 2.18. The lowest BCUT2D eigenvalue weighted by Crippen LogP contribution is -2.08. The number of rotatable bonds is 0. The summed E-state index contributed by atoms with van der Waals surface area (Å²) < 4.78 is 25.3. The van der Waals surface area contributed by atoms with Gasteiger partial charge >= 0.3 is 0 Å². The van der Waals surface area contributed by atoms with Crippen LogP contribution >= 0.6 is 58.8 Å². The van der Waals surface area contributed by atoms with Gasteiger partial charge in [-0.3, -0.25) is 0 Å². The fourth-order valence-electron chi connectivity index (χ4n) is 2.43. The number of ether oxygens (including phenoxy) is 4. The van der Waals surface area contributed by atoms with Gasteiger partial charge < -0.3 is 18.9 Å². The first-order valence-corrected chi connectivity index (χ1v) is 11.3. The summed E-state index contributed by atoms with van der Waals surface area (Å²) in [5, 5.41) is 3.76. The zero-order chi connectivity index (χ0) is 15.2. The predicted molar refractivity (Wildman–Crippen MR) is 99.1 cm³/mol. The van der Waals surface area contributed by atoms with Crippen molar-refractivity contribution >= 4 is 58.8 Å². The smallest absolute Gasteiger partial charge is 0.208 e.